The molecule has 1 heterocycles. The Balaban J connectivity index is 2.16. The van der Waals surface area contributed by atoms with Gasteiger partial charge in [-0.3, -0.25) is 0 Å². The van der Waals surface area contributed by atoms with E-state index < -0.39 is 10.0 Å². The number of sulfonamides is 1. The summed E-state index contributed by atoms with van der Waals surface area (Å²) in [5.41, 5.74) is 1.45. The van der Waals surface area contributed by atoms with Gasteiger partial charge in [-0.1, -0.05) is 17.3 Å². The molecule has 0 saturated carbocycles. The van der Waals surface area contributed by atoms with Crippen molar-refractivity contribution in [3.8, 4) is 0 Å². The van der Waals surface area contributed by atoms with Crippen LogP contribution in [0.5, 0.6) is 0 Å². The molecule has 7 heteroatoms. The summed E-state index contributed by atoms with van der Waals surface area (Å²) >= 11 is 0. The summed E-state index contributed by atoms with van der Waals surface area (Å²) in [6.07, 6.45) is 1.40. The van der Waals surface area contributed by atoms with Gasteiger partial charge in [0, 0.05) is 12.1 Å². The van der Waals surface area contributed by atoms with Crippen molar-refractivity contribution in [1.82, 2.24) is 15.2 Å². The summed E-state index contributed by atoms with van der Waals surface area (Å²) in [6, 6.07) is 8.54. The zero-order valence-electron chi connectivity index (χ0n) is 11.3. The van der Waals surface area contributed by atoms with Crippen molar-refractivity contribution in [2.45, 2.75) is 24.4 Å². The third-order valence-corrected chi connectivity index (χ3v) is 4.43. The molecular weight excluding hydrogens is 278 g/mol. The van der Waals surface area contributed by atoms with Crippen molar-refractivity contribution < 1.29 is 12.9 Å². The smallest absolute Gasteiger partial charge is 0.240 e. The Morgan fingerprint density at radius 2 is 2.15 bits per heavy atom. The molecule has 0 spiro atoms. The van der Waals surface area contributed by atoms with E-state index in [2.05, 4.69) is 19.7 Å². The van der Waals surface area contributed by atoms with Gasteiger partial charge in [0.2, 0.25) is 10.0 Å². The normalized spacial score (nSPS) is 13.3. The molecule has 2 N–H and O–H groups in total. The molecule has 0 bridgehead atoms. The summed E-state index contributed by atoms with van der Waals surface area (Å²) in [7, 11) is -1.73. The minimum Gasteiger partial charge on any atom is -0.364 e. The molecule has 1 unspecified atom stereocenters. The molecule has 20 heavy (non-hydrogen) atoms. The van der Waals surface area contributed by atoms with E-state index in [9.17, 15) is 8.42 Å². The molecule has 0 aliphatic rings. The fourth-order valence-electron chi connectivity index (χ4n) is 1.70. The molecule has 0 aliphatic heterocycles. The van der Waals surface area contributed by atoms with E-state index in [1.807, 2.05) is 20.0 Å². The highest BCUT2D eigenvalue weighted by Crippen LogP contribution is 2.17. The van der Waals surface area contributed by atoms with Crippen molar-refractivity contribution >= 4 is 10.0 Å². The maximum absolute atomic E-state index is 12.2. The highest BCUT2D eigenvalue weighted by atomic mass is 32.2. The molecular formula is C13H17N3O3S. The summed E-state index contributed by atoms with van der Waals surface area (Å²) in [5, 5.41) is 6.74. The van der Waals surface area contributed by atoms with Crippen LogP contribution in [0.25, 0.3) is 0 Å². The van der Waals surface area contributed by atoms with Crippen LogP contribution in [0.1, 0.15) is 24.2 Å². The second-order valence-corrected chi connectivity index (χ2v) is 6.17. The van der Waals surface area contributed by atoms with Crippen LogP contribution in [0.2, 0.25) is 0 Å². The van der Waals surface area contributed by atoms with E-state index in [1.165, 1.54) is 6.26 Å². The average Bonchev–Trinajstić information content (AvgIpc) is 2.98. The van der Waals surface area contributed by atoms with Crippen LogP contribution in [0.15, 0.2) is 46.0 Å². The fraction of sp³-hybridized carbons (Fsp3) is 0.308. The molecule has 0 fully saturated rings. The predicted molar refractivity (Wildman–Crippen MR) is 74.4 cm³/mol. The van der Waals surface area contributed by atoms with Crippen molar-refractivity contribution in [2.24, 2.45) is 0 Å². The number of hydrogen-bond donors (Lipinski definition) is 2. The van der Waals surface area contributed by atoms with Gasteiger partial charge in [0.25, 0.3) is 0 Å². The topological polar surface area (TPSA) is 84.2 Å². The number of benzene rings is 1. The second-order valence-electron chi connectivity index (χ2n) is 4.40. The largest absolute Gasteiger partial charge is 0.364 e. The summed E-state index contributed by atoms with van der Waals surface area (Å²) in [6.45, 7) is 2.07. The third kappa shape index (κ3) is 3.44. The van der Waals surface area contributed by atoms with Crippen molar-refractivity contribution in [1.29, 1.82) is 0 Å². The third-order valence-electron chi connectivity index (χ3n) is 3.04. The first-order valence-corrected chi connectivity index (χ1v) is 7.67. The Morgan fingerprint density at radius 3 is 2.80 bits per heavy atom. The van der Waals surface area contributed by atoms with Crippen molar-refractivity contribution in [2.75, 3.05) is 7.05 Å². The van der Waals surface area contributed by atoms with Crippen molar-refractivity contribution in [3.05, 3.63) is 47.9 Å². The zero-order valence-corrected chi connectivity index (χ0v) is 12.1. The first-order valence-electron chi connectivity index (χ1n) is 6.19. The second kappa shape index (κ2) is 6.17. The van der Waals surface area contributed by atoms with Gasteiger partial charge >= 0.3 is 0 Å². The monoisotopic (exact) mass is 295 g/mol. The molecule has 0 aliphatic carbocycles. The van der Waals surface area contributed by atoms with Gasteiger partial charge in [-0.25, -0.2) is 13.1 Å². The van der Waals surface area contributed by atoms with E-state index in [4.69, 9.17) is 0 Å². The maximum atomic E-state index is 12.2. The Morgan fingerprint density at radius 1 is 1.35 bits per heavy atom. The predicted octanol–water partition coefficient (Wildman–Crippen LogP) is 1.43. The molecule has 2 aromatic rings. The van der Waals surface area contributed by atoms with E-state index in [-0.39, 0.29) is 17.5 Å². The van der Waals surface area contributed by atoms with E-state index in [1.54, 1.807) is 24.3 Å². The van der Waals surface area contributed by atoms with Crippen LogP contribution < -0.4 is 10.0 Å². The van der Waals surface area contributed by atoms with Gasteiger partial charge in [-0.05, 0) is 31.7 Å². The van der Waals surface area contributed by atoms with Gasteiger partial charge in [0.15, 0.2) is 0 Å². The number of nitrogens with zero attached hydrogens (tertiary/aromatic N) is 1. The average molecular weight is 295 g/mol. The lowest BCUT2D eigenvalue weighted by Crippen LogP contribution is -2.23. The standard InChI is InChI=1S/C13H17N3O3S/c1-10(14-2)11-4-3-5-13(8-11)20(17,18)15-9-12-6-7-19-16-12/h3-8,10,14-15H,9H2,1-2H3. The molecule has 1 aromatic heterocycles. The van der Waals surface area contributed by atoms with Crippen molar-refractivity contribution in [3.63, 3.8) is 0 Å². The lowest BCUT2D eigenvalue weighted by molar-refractivity contribution is 0.411. The first kappa shape index (κ1) is 14.7. The van der Waals surface area contributed by atoms with E-state index in [0.29, 0.717) is 5.69 Å². The van der Waals surface area contributed by atoms with Crippen LogP contribution >= 0.6 is 0 Å². The molecule has 108 valence electrons. The van der Waals surface area contributed by atoms with Crippen LogP contribution in [0.4, 0.5) is 0 Å². The number of aromatic nitrogens is 1. The summed E-state index contributed by atoms with van der Waals surface area (Å²) < 4.78 is 31.5. The summed E-state index contributed by atoms with van der Waals surface area (Å²) in [5.74, 6) is 0. The molecule has 0 radical (unpaired) electrons. The zero-order chi connectivity index (χ0) is 14.6. The highest BCUT2D eigenvalue weighted by molar-refractivity contribution is 7.89. The number of nitrogens with one attached hydrogen (secondary N) is 2. The molecule has 1 aromatic carbocycles. The van der Waals surface area contributed by atoms with Gasteiger partial charge < -0.3 is 9.84 Å². The summed E-state index contributed by atoms with van der Waals surface area (Å²) in [4.78, 5) is 0.237. The van der Waals surface area contributed by atoms with Gasteiger partial charge in [-0.2, -0.15) is 0 Å². The molecule has 0 amide bonds. The quantitative estimate of drug-likeness (QED) is 0.842. The van der Waals surface area contributed by atoms with Gasteiger partial charge in [0.1, 0.15) is 6.26 Å². The Hall–Kier alpha value is -1.70. The van der Waals surface area contributed by atoms with Crippen LogP contribution in [0, 0.1) is 0 Å². The number of rotatable bonds is 6. The molecule has 6 nitrogen and oxygen atoms in total. The highest BCUT2D eigenvalue weighted by Gasteiger charge is 2.15. The minimum atomic E-state index is -3.56. The lowest BCUT2D eigenvalue weighted by Gasteiger charge is -2.12. The van der Waals surface area contributed by atoms with E-state index >= 15 is 0 Å². The van der Waals surface area contributed by atoms with Crippen LogP contribution in [-0.4, -0.2) is 20.6 Å². The Kier molecular flexibility index (Phi) is 4.53. The van der Waals surface area contributed by atoms with Gasteiger partial charge in [-0.15, -0.1) is 0 Å². The van der Waals surface area contributed by atoms with E-state index in [0.717, 1.165) is 5.56 Å². The Bertz CT molecular complexity index is 653. The SMILES string of the molecule is CNC(C)c1cccc(S(=O)(=O)NCc2ccon2)c1. The van der Waals surface area contributed by atoms with Gasteiger partial charge in [0.05, 0.1) is 17.1 Å². The molecule has 2 rings (SSSR count). The molecule has 1 atom stereocenters. The fourth-order valence-corrected chi connectivity index (χ4v) is 2.75. The first-order chi connectivity index (χ1) is 9.53. The lowest BCUT2D eigenvalue weighted by atomic mass is 10.1. The van der Waals surface area contributed by atoms with Crippen LogP contribution in [-0.2, 0) is 16.6 Å². The number of hydrogen-bond acceptors (Lipinski definition) is 5. The molecule has 0 saturated heterocycles. The maximum Gasteiger partial charge on any atom is 0.240 e. The van der Waals surface area contributed by atoms with Crippen LogP contribution in [0.3, 0.4) is 0 Å². The Labute approximate surface area is 118 Å². The minimum absolute atomic E-state index is 0.0840.